The molecule has 25 heavy (non-hydrogen) atoms. The number of hydrogen-bond donors (Lipinski definition) is 0. The highest BCUT2D eigenvalue weighted by Gasteiger charge is 2.33. The summed E-state index contributed by atoms with van der Waals surface area (Å²) in [6.07, 6.45) is 5.66. The molecule has 0 spiro atoms. The van der Waals surface area contributed by atoms with Gasteiger partial charge in [0.1, 0.15) is 0 Å². The summed E-state index contributed by atoms with van der Waals surface area (Å²) in [5, 5.41) is 0. The van der Waals surface area contributed by atoms with Crippen molar-refractivity contribution < 1.29 is 4.79 Å². The zero-order valence-corrected chi connectivity index (χ0v) is 14.6. The van der Waals surface area contributed by atoms with Gasteiger partial charge in [-0.05, 0) is 54.4 Å². The highest BCUT2D eigenvalue weighted by atomic mass is 16.2. The standard InChI is InChI=1S/C21H24N2O2/c1-22-11-8-17(14-20(22)24)15-9-12-23(13-10-15)21(25)19-7-6-16-4-2-3-5-18(16)19/h2-5,8,11,14-15,19H,6-7,9-10,12-13H2,1H3. The van der Waals surface area contributed by atoms with Crippen molar-refractivity contribution in [1.29, 1.82) is 0 Å². The summed E-state index contributed by atoms with van der Waals surface area (Å²) in [7, 11) is 1.77. The van der Waals surface area contributed by atoms with Crippen molar-refractivity contribution in [3.8, 4) is 0 Å². The van der Waals surface area contributed by atoms with Crippen LogP contribution in [0.2, 0.25) is 0 Å². The van der Waals surface area contributed by atoms with Gasteiger partial charge in [-0.15, -0.1) is 0 Å². The van der Waals surface area contributed by atoms with Crippen LogP contribution in [0.15, 0.2) is 47.4 Å². The number of piperidine rings is 1. The quantitative estimate of drug-likeness (QED) is 0.846. The fourth-order valence-electron chi connectivity index (χ4n) is 4.29. The number of amides is 1. The minimum absolute atomic E-state index is 0.0387. The maximum atomic E-state index is 13.0. The number of benzene rings is 1. The minimum atomic E-state index is 0.0387. The monoisotopic (exact) mass is 336 g/mol. The molecule has 130 valence electrons. The Labute approximate surface area is 148 Å². The Bertz CT molecular complexity index is 847. The summed E-state index contributed by atoms with van der Waals surface area (Å²) in [5.41, 5.74) is 3.71. The van der Waals surface area contributed by atoms with Crippen LogP contribution in [-0.4, -0.2) is 28.5 Å². The van der Waals surface area contributed by atoms with E-state index < -0.39 is 0 Å². The minimum Gasteiger partial charge on any atom is -0.342 e. The third-order valence-electron chi connectivity index (χ3n) is 5.84. The van der Waals surface area contributed by atoms with Gasteiger partial charge in [0.2, 0.25) is 5.91 Å². The summed E-state index contributed by atoms with van der Waals surface area (Å²) >= 11 is 0. The van der Waals surface area contributed by atoms with E-state index in [1.807, 2.05) is 23.2 Å². The van der Waals surface area contributed by atoms with Crippen LogP contribution < -0.4 is 5.56 Å². The van der Waals surface area contributed by atoms with Crippen molar-refractivity contribution in [1.82, 2.24) is 9.47 Å². The first-order valence-corrected chi connectivity index (χ1v) is 9.16. The van der Waals surface area contributed by atoms with Gasteiger partial charge in [0, 0.05) is 32.4 Å². The van der Waals surface area contributed by atoms with E-state index in [-0.39, 0.29) is 17.4 Å². The summed E-state index contributed by atoms with van der Waals surface area (Å²) < 4.78 is 1.60. The molecule has 0 N–H and O–H groups in total. The van der Waals surface area contributed by atoms with E-state index in [1.54, 1.807) is 17.7 Å². The van der Waals surface area contributed by atoms with Crippen molar-refractivity contribution in [2.75, 3.05) is 13.1 Å². The molecule has 0 bridgehead atoms. The zero-order chi connectivity index (χ0) is 17.4. The molecule has 1 fully saturated rings. The van der Waals surface area contributed by atoms with Crippen molar-refractivity contribution in [2.45, 2.75) is 37.5 Å². The Morgan fingerprint density at radius 3 is 2.60 bits per heavy atom. The lowest BCUT2D eigenvalue weighted by Gasteiger charge is -2.34. The number of aromatic nitrogens is 1. The van der Waals surface area contributed by atoms with Gasteiger partial charge in [-0.3, -0.25) is 9.59 Å². The van der Waals surface area contributed by atoms with E-state index in [2.05, 4.69) is 18.2 Å². The first kappa shape index (κ1) is 16.1. The van der Waals surface area contributed by atoms with E-state index in [0.29, 0.717) is 5.92 Å². The fraction of sp³-hybridized carbons (Fsp3) is 0.429. The lowest BCUT2D eigenvalue weighted by Crippen LogP contribution is -2.40. The molecule has 1 aromatic heterocycles. The Morgan fingerprint density at radius 1 is 1.08 bits per heavy atom. The SMILES string of the molecule is Cn1ccc(C2CCN(C(=O)C3CCc4ccccc43)CC2)cc1=O. The molecular formula is C21H24N2O2. The molecule has 2 heterocycles. The van der Waals surface area contributed by atoms with E-state index in [1.165, 1.54) is 11.1 Å². The van der Waals surface area contributed by atoms with Gasteiger partial charge >= 0.3 is 0 Å². The molecule has 1 aliphatic heterocycles. The molecule has 2 aliphatic rings. The maximum Gasteiger partial charge on any atom is 0.250 e. The van der Waals surface area contributed by atoms with Crippen LogP contribution in [0.1, 0.15) is 47.8 Å². The van der Waals surface area contributed by atoms with E-state index in [0.717, 1.165) is 44.3 Å². The highest BCUT2D eigenvalue weighted by molar-refractivity contribution is 5.85. The van der Waals surface area contributed by atoms with Gasteiger partial charge in [0.25, 0.3) is 5.56 Å². The average Bonchev–Trinajstić information content (AvgIpc) is 3.08. The molecule has 0 saturated carbocycles. The molecule has 4 rings (SSSR count). The van der Waals surface area contributed by atoms with Gasteiger partial charge < -0.3 is 9.47 Å². The van der Waals surface area contributed by atoms with Crippen molar-refractivity contribution in [2.24, 2.45) is 7.05 Å². The Hall–Kier alpha value is -2.36. The van der Waals surface area contributed by atoms with Crippen molar-refractivity contribution in [3.63, 3.8) is 0 Å². The van der Waals surface area contributed by atoms with Crippen LogP contribution in [0, 0.1) is 0 Å². The number of rotatable bonds is 2. The van der Waals surface area contributed by atoms with Gasteiger partial charge in [0.15, 0.2) is 0 Å². The lowest BCUT2D eigenvalue weighted by molar-refractivity contribution is -0.133. The normalized spacial score (nSPS) is 20.5. The topological polar surface area (TPSA) is 42.3 Å². The number of likely N-dealkylation sites (tertiary alicyclic amines) is 1. The molecule has 2 aromatic rings. The number of fused-ring (bicyclic) bond motifs is 1. The van der Waals surface area contributed by atoms with Gasteiger partial charge in [-0.1, -0.05) is 24.3 Å². The molecular weight excluding hydrogens is 312 g/mol. The third kappa shape index (κ3) is 3.01. The molecule has 1 amide bonds. The molecule has 1 aromatic carbocycles. The van der Waals surface area contributed by atoms with Crippen LogP contribution in [0.25, 0.3) is 0 Å². The molecule has 1 aliphatic carbocycles. The summed E-state index contributed by atoms with van der Waals surface area (Å²) in [4.78, 5) is 26.9. The molecule has 1 atom stereocenters. The summed E-state index contributed by atoms with van der Waals surface area (Å²) in [6.45, 7) is 1.58. The number of pyridine rings is 1. The van der Waals surface area contributed by atoms with E-state index in [9.17, 15) is 9.59 Å². The second-order valence-electron chi connectivity index (χ2n) is 7.30. The molecule has 0 radical (unpaired) electrons. The van der Waals surface area contributed by atoms with E-state index >= 15 is 0 Å². The van der Waals surface area contributed by atoms with Crippen LogP contribution in [0.3, 0.4) is 0 Å². The van der Waals surface area contributed by atoms with Crippen LogP contribution in [0.4, 0.5) is 0 Å². The predicted octanol–water partition coefficient (Wildman–Crippen LogP) is 2.82. The number of carbonyl (C=O) groups is 1. The third-order valence-corrected chi connectivity index (χ3v) is 5.84. The van der Waals surface area contributed by atoms with Crippen LogP contribution in [0.5, 0.6) is 0 Å². The fourth-order valence-corrected chi connectivity index (χ4v) is 4.29. The largest absolute Gasteiger partial charge is 0.342 e. The van der Waals surface area contributed by atoms with E-state index in [4.69, 9.17) is 0 Å². The first-order chi connectivity index (χ1) is 12.1. The molecule has 4 nitrogen and oxygen atoms in total. The highest BCUT2D eigenvalue weighted by Crippen LogP contribution is 2.36. The Morgan fingerprint density at radius 2 is 1.84 bits per heavy atom. The van der Waals surface area contributed by atoms with Crippen LogP contribution >= 0.6 is 0 Å². The molecule has 1 unspecified atom stereocenters. The number of carbonyl (C=O) groups excluding carboxylic acids is 1. The van der Waals surface area contributed by atoms with Gasteiger partial charge in [-0.2, -0.15) is 0 Å². The maximum absolute atomic E-state index is 13.0. The second-order valence-corrected chi connectivity index (χ2v) is 7.30. The Kier molecular flexibility index (Phi) is 4.20. The predicted molar refractivity (Wildman–Crippen MR) is 97.7 cm³/mol. The lowest BCUT2D eigenvalue weighted by atomic mass is 9.89. The summed E-state index contributed by atoms with van der Waals surface area (Å²) in [6, 6.07) is 12.1. The second kappa shape index (κ2) is 6.51. The smallest absolute Gasteiger partial charge is 0.250 e. The summed E-state index contributed by atoms with van der Waals surface area (Å²) in [5.74, 6) is 0.706. The molecule has 1 saturated heterocycles. The number of aryl methyl sites for hydroxylation is 2. The molecule has 4 heteroatoms. The average molecular weight is 336 g/mol. The van der Waals surface area contributed by atoms with Crippen molar-refractivity contribution in [3.05, 3.63) is 69.6 Å². The Balaban J connectivity index is 1.43. The van der Waals surface area contributed by atoms with Crippen molar-refractivity contribution >= 4 is 5.91 Å². The van der Waals surface area contributed by atoms with Gasteiger partial charge in [0.05, 0.1) is 5.92 Å². The zero-order valence-electron chi connectivity index (χ0n) is 14.6. The van der Waals surface area contributed by atoms with Crippen LogP contribution in [-0.2, 0) is 18.3 Å². The number of nitrogens with zero attached hydrogens (tertiary/aromatic N) is 2. The first-order valence-electron chi connectivity index (χ1n) is 9.16. The number of hydrogen-bond acceptors (Lipinski definition) is 2. The van der Waals surface area contributed by atoms with Gasteiger partial charge in [-0.25, -0.2) is 0 Å².